The van der Waals surface area contributed by atoms with Crippen LogP contribution in [0.3, 0.4) is 0 Å². The molecular formula is C11H11ClFNO. The third-order valence-corrected chi connectivity index (χ3v) is 2.94. The fraction of sp³-hybridized carbons (Fsp3) is 0.364. The van der Waals surface area contributed by atoms with Crippen molar-refractivity contribution >= 4 is 17.5 Å². The monoisotopic (exact) mass is 227 g/mol. The lowest BCUT2D eigenvalue weighted by Gasteiger charge is -2.16. The molecule has 0 bridgehead atoms. The number of amides is 1. The molecule has 2 nitrogen and oxygen atoms in total. The van der Waals surface area contributed by atoms with Crippen molar-refractivity contribution in [3.63, 3.8) is 0 Å². The number of carbonyl (C=O) groups is 1. The number of hydrogen-bond acceptors (Lipinski definition) is 1. The number of rotatable bonds is 2. The predicted octanol–water partition coefficient (Wildman–Crippen LogP) is 2.60. The molecule has 1 aromatic carbocycles. The molecule has 1 heterocycles. The van der Waals surface area contributed by atoms with Gasteiger partial charge in [0, 0.05) is 30.1 Å². The Hall–Kier alpha value is -1.09. The molecule has 0 saturated carbocycles. The molecule has 80 valence electrons. The van der Waals surface area contributed by atoms with Crippen LogP contribution in [0.4, 0.5) is 4.39 Å². The van der Waals surface area contributed by atoms with Crippen molar-refractivity contribution in [1.82, 2.24) is 4.90 Å². The summed E-state index contributed by atoms with van der Waals surface area (Å²) >= 11 is 5.88. The second-order valence-corrected chi connectivity index (χ2v) is 4.03. The maximum Gasteiger partial charge on any atom is 0.222 e. The molecule has 1 fully saturated rings. The molecule has 0 radical (unpaired) electrons. The highest BCUT2D eigenvalue weighted by Gasteiger charge is 2.22. The first-order valence-corrected chi connectivity index (χ1v) is 5.27. The molecule has 15 heavy (non-hydrogen) atoms. The van der Waals surface area contributed by atoms with E-state index in [0.717, 1.165) is 6.42 Å². The van der Waals surface area contributed by atoms with Crippen molar-refractivity contribution in [3.8, 4) is 0 Å². The van der Waals surface area contributed by atoms with Gasteiger partial charge in [-0.05, 0) is 18.6 Å². The lowest BCUT2D eigenvalue weighted by atomic mass is 10.2. The van der Waals surface area contributed by atoms with Gasteiger partial charge in [-0.1, -0.05) is 17.7 Å². The van der Waals surface area contributed by atoms with Crippen LogP contribution in [0.5, 0.6) is 0 Å². The quantitative estimate of drug-likeness (QED) is 0.761. The summed E-state index contributed by atoms with van der Waals surface area (Å²) in [7, 11) is 0. The van der Waals surface area contributed by atoms with Gasteiger partial charge >= 0.3 is 0 Å². The maximum absolute atomic E-state index is 13.4. The van der Waals surface area contributed by atoms with Crippen LogP contribution in [0.15, 0.2) is 18.2 Å². The van der Waals surface area contributed by atoms with Crippen molar-refractivity contribution in [2.24, 2.45) is 0 Å². The fourth-order valence-corrected chi connectivity index (χ4v) is 1.97. The third kappa shape index (κ3) is 2.12. The smallest absolute Gasteiger partial charge is 0.222 e. The molecule has 0 atom stereocenters. The Morgan fingerprint density at radius 2 is 2.27 bits per heavy atom. The van der Waals surface area contributed by atoms with Crippen LogP contribution in [-0.4, -0.2) is 17.4 Å². The molecule has 0 unspecified atom stereocenters. The number of carbonyl (C=O) groups excluding carboxylic acids is 1. The lowest BCUT2D eigenvalue weighted by molar-refractivity contribution is -0.128. The van der Waals surface area contributed by atoms with Gasteiger partial charge in [0.1, 0.15) is 5.82 Å². The summed E-state index contributed by atoms with van der Waals surface area (Å²) in [5, 5.41) is 0.384. The number of nitrogens with zero attached hydrogens (tertiary/aromatic N) is 1. The van der Waals surface area contributed by atoms with E-state index in [4.69, 9.17) is 11.6 Å². The molecule has 1 amide bonds. The van der Waals surface area contributed by atoms with E-state index in [0.29, 0.717) is 23.6 Å². The van der Waals surface area contributed by atoms with Crippen molar-refractivity contribution in [1.29, 1.82) is 0 Å². The van der Waals surface area contributed by atoms with Crippen LogP contribution in [-0.2, 0) is 11.3 Å². The number of likely N-dealkylation sites (tertiary alicyclic amines) is 1. The van der Waals surface area contributed by atoms with Gasteiger partial charge < -0.3 is 4.90 Å². The Balaban J connectivity index is 2.20. The Morgan fingerprint density at radius 3 is 2.87 bits per heavy atom. The normalized spacial score (nSPS) is 16.1. The SMILES string of the molecule is O=C1CCCN1Cc1c(F)cccc1Cl. The van der Waals surface area contributed by atoms with Crippen molar-refractivity contribution in [3.05, 3.63) is 34.6 Å². The van der Waals surface area contributed by atoms with Crippen LogP contribution >= 0.6 is 11.6 Å². The van der Waals surface area contributed by atoms with Crippen molar-refractivity contribution in [2.45, 2.75) is 19.4 Å². The average molecular weight is 228 g/mol. The standard InChI is InChI=1S/C11H11ClFNO/c12-9-3-1-4-10(13)8(9)7-14-6-2-5-11(14)15/h1,3-4H,2,5-7H2. The van der Waals surface area contributed by atoms with Crippen LogP contribution in [0.2, 0.25) is 5.02 Å². The van der Waals surface area contributed by atoms with E-state index < -0.39 is 0 Å². The predicted molar refractivity (Wildman–Crippen MR) is 56.1 cm³/mol. The van der Waals surface area contributed by atoms with Gasteiger partial charge in [0.15, 0.2) is 0 Å². The van der Waals surface area contributed by atoms with Gasteiger partial charge in [-0.25, -0.2) is 4.39 Å². The fourth-order valence-electron chi connectivity index (χ4n) is 1.75. The first kappa shape index (κ1) is 10.4. The number of hydrogen-bond donors (Lipinski definition) is 0. The van der Waals surface area contributed by atoms with Gasteiger partial charge in [-0.15, -0.1) is 0 Å². The lowest BCUT2D eigenvalue weighted by Crippen LogP contribution is -2.24. The average Bonchev–Trinajstić information content (AvgIpc) is 2.58. The van der Waals surface area contributed by atoms with Gasteiger partial charge in [0.2, 0.25) is 5.91 Å². The van der Waals surface area contributed by atoms with Gasteiger partial charge in [0.25, 0.3) is 0 Å². The van der Waals surface area contributed by atoms with Crippen LogP contribution in [0.25, 0.3) is 0 Å². The minimum absolute atomic E-state index is 0.0781. The number of benzene rings is 1. The zero-order valence-corrected chi connectivity index (χ0v) is 8.93. The van der Waals surface area contributed by atoms with E-state index in [1.807, 2.05) is 0 Å². The second-order valence-electron chi connectivity index (χ2n) is 3.62. The molecule has 0 aliphatic carbocycles. The highest BCUT2D eigenvalue weighted by Crippen LogP contribution is 2.22. The van der Waals surface area contributed by atoms with E-state index in [2.05, 4.69) is 0 Å². The van der Waals surface area contributed by atoms with Crippen molar-refractivity contribution < 1.29 is 9.18 Å². The van der Waals surface area contributed by atoms with Crippen LogP contribution in [0.1, 0.15) is 18.4 Å². The molecule has 0 spiro atoms. The summed E-state index contributed by atoms with van der Waals surface area (Å²) in [6, 6.07) is 4.56. The summed E-state index contributed by atoms with van der Waals surface area (Å²) in [5.41, 5.74) is 0.411. The largest absolute Gasteiger partial charge is 0.338 e. The van der Waals surface area contributed by atoms with E-state index in [-0.39, 0.29) is 18.3 Å². The molecular weight excluding hydrogens is 217 g/mol. The first-order chi connectivity index (χ1) is 7.18. The Labute approximate surface area is 92.6 Å². The van der Waals surface area contributed by atoms with Gasteiger partial charge in [-0.2, -0.15) is 0 Å². The molecule has 4 heteroatoms. The van der Waals surface area contributed by atoms with Crippen LogP contribution in [0, 0.1) is 5.82 Å². The summed E-state index contributed by atoms with van der Waals surface area (Å²) in [4.78, 5) is 13.0. The Bertz CT molecular complexity index is 374. The topological polar surface area (TPSA) is 20.3 Å². The molecule has 1 aliphatic heterocycles. The maximum atomic E-state index is 13.4. The second kappa shape index (κ2) is 4.19. The van der Waals surface area contributed by atoms with Gasteiger partial charge in [0.05, 0.1) is 0 Å². The molecule has 1 aliphatic rings. The van der Waals surface area contributed by atoms with Gasteiger partial charge in [-0.3, -0.25) is 4.79 Å². The molecule has 0 aromatic heterocycles. The zero-order valence-electron chi connectivity index (χ0n) is 8.17. The van der Waals surface area contributed by atoms with E-state index >= 15 is 0 Å². The summed E-state index contributed by atoms with van der Waals surface area (Å²) < 4.78 is 13.4. The Kier molecular flexibility index (Phi) is 2.91. The van der Waals surface area contributed by atoms with Crippen LogP contribution < -0.4 is 0 Å². The van der Waals surface area contributed by atoms with E-state index in [1.165, 1.54) is 6.07 Å². The molecule has 2 rings (SSSR count). The van der Waals surface area contributed by atoms with E-state index in [1.54, 1.807) is 17.0 Å². The zero-order chi connectivity index (χ0) is 10.8. The molecule has 1 saturated heterocycles. The highest BCUT2D eigenvalue weighted by atomic mass is 35.5. The molecule has 1 aromatic rings. The summed E-state index contributed by atoms with van der Waals surface area (Å²) in [6.07, 6.45) is 1.41. The minimum Gasteiger partial charge on any atom is -0.338 e. The van der Waals surface area contributed by atoms with Crippen molar-refractivity contribution in [2.75, 3.05) is 6.54 Å². The third-order valence-electron chi connectivity index (χ3n) is 2.58. The summed E-state index contributed by atoms with van der Waals surface area (Å²) in [6.45, 7) is 0.980. The first-order valence-electron chi connectivity index (χ1n) is 4.89. The number of halogens is 2. The Morgan fingerprint density at radius 1 is 1.47 bits per heavy atom. The minimum atomic E-state index is -0.345. The van der Waals surface area contributed by atoms with E-state index in [9.17, 15) is 9.18 Å². The summed E-state index contributed by atoms with van der Waals surface area (Å²) in [5.74, 6) is -0.267. The molecule has 0 N–H and O–H groups in total. The highest BCUT2D eigenvalue weighted by molar-refractivity contribution is 6.31.